The summed E-state index contributed by atoms with van der Waals surface area (Å²) >= 11 is 0. The van der Waals surface area contributed by atoms with Crippen LogP contribution in [0.3, 0.4) is 0 Å². The van der Waals surface area contributed by atoms with Gasteiger partial charge in [0.2, 0.25) is 0 Å². The summed E-state index contributed by atoms with van der Waals surface area (Å²) in [6, 6.07) is 10.6. The first kappa shape index (κ1) is 13.2. The van der Waals surface area contributed by atoms with Crippen LogP contribution in [0.4, 0.5) is 5.82 Å². The lowest BCUT2D eigenvalue weighted by molar-refractivity contribution is 0.482. The van der Waals surface area contributed by atoms with Crippen LogP contribution in [-0.4, -0.2) is 32.3 Å². The first-order chi connectivity index (χ1) is 10.8. The Bertz CT molecular complexity index is 780. The Morgan fingerprint density at radius 2 is 1.95 bits per heavy atom. The molecule has 5 heteroatoms. The van der Waals surface area contributed by atoms with Crippen LogP contribution >= 0.6 is 0 Å². The molecule has 112 valence electrons. The van der Waals surface area contributed by atoms with Crippen molar-refractivity contribution in [2.75, 3.05) is 11.4 Å². The fourth-order valence-electron chi connectivity index (χ4n) is 3.23. The SMILES string of the molecule is CC1CCCCN1c1ncnc2c1cnn2-c1ccccc1. The molecule has 4 rings (SSSR count). The molecule has 0 amide bonds. The Kier molecular flexibility index (Phi) is 3.25. The average molecular weight is 293 g/mol. The molecule has 1 fully saturated rings. The van der Waals surface area contributed by atoms with E-state index in [2.05, 4.69) is 26.9 Å². The number of fused-ring (bicyclic) bond motifs is 1. The average Bonchev–Trinajstić information content (AvgIpc) is 3.00. The molecule has 2 aromatic heterocycles. The third kappa shape index (κ3) is 2.13. The smallest absolute Gasteiger partial charge is 0.168 e. The van der Waals surface area contributed by atoms with E-state index in [4.69, 9.17) is 0 Å². The molecule has 1 aromatic carbocycles. The molecule has 1 saturated heterocycles. The molecular weight excluding hydrogens is 274 g/mol. The highest BCUT2D eigenvalue weighted by Crippen LogP contribution is 2.29. The molecule has 0 saturated carbocycles. The summed E-state index contributed by atoms with van der Waals surface area (Å²) in [5.41, 5.74) is 1.89. The van der Waals surface area contributed by atoms with Crippen LogP contribution in [0.2, 0.25) is 0 Å². The molecule has 0 radical (unpaired) electrons. The summed E-state index contributed by atoms with van der Waals surface area (Å²) in [5, 5.41) is 5.56. The van der Waals surface area contributed by atoms with Gasteiger partial charge >= 0.3 is 0 Å². The van der Waals surface area contributed by atoms with Crippen molar-refractivity contribution in [3.8, 4) is 5.69 Å². The zero-order chi connectivity index (χ0) is 14.9. The second-order valence-electron chi connectivity index (χ2n) is 5.86. The van der Waals surface area contributed by atoms with Crippen LogP contribution in [0.1, 0.15) is 26.2 Å². The molecular formula is C17H19N5. The largest absolute Gasteiger partial charge is 0.353 e. The zero-order valence-electron chi connectivity index (χ0n) is 12.7. The van der Waals surface area contributed by atoms with E-state index in [1.165, 1.54) is 19.3 Å². The molecule has 1 aliphatic heterocycles. The summed E-state index contributed by atoms with van der Waals surface area (Å²) in [5.74, 6) is 1.01. The molecule has 0 N–H and O–H groups in total. The quantitative estimate of drug-likeness (QED) is 0.728. The monoisotopic (exact) mass is 293 g/mol. The third-order valence-electron chi connectivity index (χ3n) is 4.42. The van der Waals surface area contributed by atoms with E-state index in [1.807, 2.05) is 41.2 Å². The number of aromatic nitrogens is 4. The van der Waals surface area contributed by atoms with E-state index in [9.17, 15) is 0 Å². The van der Waals surface area contributed by atoms with Gasteiger partial charge in [0.1, 0.15) is 12.1 Å². The number of piperidine rings is 1. The Balaban J connectivity index is 1.83. The first-order valence-corrected chi connectivity index (χ1v) is 7.85. The van der Waals surface area contributed by atoms with Gasteiger partial charge in [-0.2, -0.15) is 5.10 Å². The van der Waals surface area contributed by atoms with Gasteiger partial charge in [0.05, 0.1) is 17.3 Å². The lowest BCUT2D eigenvalue weighted by atomic mass is 10.0. The molecule has 3 heterocycles. The minimum Gasteiger partial charge on any atom is -0.353 e. The lowest BCUT2D eigenvalue weighted by Gasteiger charge is -2.34. The molecule has 5 nitrogen and oxygen atoms in total. The van der Waals surface area contributed by atoms with E-state index in [1.54, 1.807) is 6.33 Å². The highest BCUT2D eigenvalue weighted by atomic mass is 15.3. The van der Waals surface area contributed by atoms with E-state index in [0.717, 1.165) is 29.1 Å². The van der Waals surface area contributed by atoms with E-state index >= 15 is 0 Å². The van der Waals surface area contributed by atoms with Crippen LogP contribution < -0.4 is 4.90 Å². The second-order valence-corrected chi connectivity index (χ2v) is 5.86. The van der Waals surface area contributed by atoms with Gasteiger partial charge in [0.25, 0.3) is 0 Å². The van der Waals surface area contributed by atoms with E-state index in [0.29, 0.717) is 6.04 Å². The van der Waals surface area contributed by atoms with Crippen LogP contribution in [0.5, 0.6) is 0 Å². The van der Waals surface area contributed by atoms with Crippen molar-refractivity contribution < 1.29 is 0 Å². The summed E-state index contributed by atoms with van der Waals surface area (Å²) < 4.78 is 1.88. The molecule has 0 spiro atoms. The summed E-state index contributed by atoms with van der Waals surface area (Å²) in [7, 11) is 0. The number of benzene rings is 1. The van der Waals surface area contributed by atoms with Crippen molar-refractivity contribution in [2.24, 2.45) is 0 Å². The predicted molar refractivity (Wildman–Crippen MR) is 87.3 cm³/mol. The summed E-state index contributed by atoms with van der Waals surface area (Å²) in [6.07, 6.45) is 7.29. The number of hydrogen-bond acceptors (Lipinski definition) is 4. The van der Waals surface area contributed by atoms with Crippen molar-refractivity contribution in [3.63, 3.8) is 0 Å². The van der Waals surface area contributed by atoms with Crippen molar-refractivity contribution >= 4 is 16.9 Å². The highest BCUT2D eigenvalue weighted by molar-refractivity contribution is 5.87. The Morgan fingerprint density at radius 3 is 2.77 bits per heavy atom. The molecule has 22 heavy (non-hydrogen) atoms. The lowest BCUT2D eigenvalue weighted by Crippen LogP contribution is -2.38. The van der Waals surface area contributed by atoms with Gasteiger partial charge in [-0.15, -0.1) is 0 Å². The maximum Gasteiger partial charge on any atom is 0.168 e. The normalized spacial score (nSPS) is 18.8. The third-order valence-corrected chi connectivity index (χ3v) is 4.42. The van der Waals surface area contributed by atoms with Crippen LogP contribution in [-0.2, 0) is 0 Å². The maximum absolute atomic E-state index is 4.55. The topological polar surface area (TPSA) is 46.8 Å². The van der Waals surface area contributed by atoms with Crippen LogP contribution in [0, 0.1) is 0 Å². The van der Waals surface area contributed by atoms with Gasteiger partial charge in [0.15, 0.2) is 5.65 Å². The molecule has 1 atom stereocenters. The maximum atomic E-state index is 4.55. The molecule has 3 aromatic rings. The minimum absolute atomic E-state index is 0.520. The molecule has 0 bridgehead atoms. The number of nitrogens with zero attached hydrogens (tertiary/aromatic N) is 5. The van der Waals surface area contributed by atoms with E-state index in [-0.39, 0.29) is 0 Å². The summed E-state index contributed by atoms with van der Waals surface area (Å²) in [4.78, 5) is 11.4. The van der Waals surface area contributed by atoms with Crippen molar-refractivity contribution in [1.82, 2.24) is 19.7 Å². The van der Waals surface area contributed by atoms with Gasteiger partial charge in [-0.1, -0.05) is 18.2 Å². The number of rotatable bonds is 2. The molecule has 1 unspecified atom stereocenters. The minimum atomic E-state index is 0.520. The Morgan fingerprint density at radius 1 is 1.09 bits per heavy atom. The summed E-state index contributed by atoms with van der Waals surface area (Å²) in [6.45, 7) is 3.33. The van der Waals surface area contributed by atoms with Gasteiger partial charge in [-0.25, -0.2) is 14.6 Å². The van der Waals surface area contributed by atoms with Crippen molar-refractivity contribution in [3.05, 3.63) is 42.9 Å². The van der Waals surface area contributed by atoms with E-state index < -0.39 is 0 Å². The standard InChI is InChI=1S/C17H19N5/c1-13-7-5-6-10-21(13)16-15-11-20-22(17(15)19-12-18-16)14-8-3-2-4-9-14/h2-4,8-9,11-13H,5-7,10H2,1H3. The number of para-hydroxylation sites is 1. The fraction of sp³-hybridized carbons (Fsp3) is 0.353. The van der Waals surface area contributed by atoms with Crippen molar-refractivity contribution in [2.45, 2.75) is 32.2 Å². The fourth-order valence-corrected chi connectivity index (χ4v) is 3.23. The Labute approximate surface area is 129 Å². The number of hydrogen-bond donors (Lipinski definition) is 0. The second kappa shape index (κ2) is 5.40. The van der Waals surface area contributed by atoms with Crippen LogP contribution in [0.25, 0.3) is 16.7 Å². The Hall–Kier alpha value is -2.43. The highest BCUT2D eigenvalue weighted by Gasteiger charge is 2.23. The van der Waals surface area contributed by atoms with Crippen LogP contribution in [0.15, 0.2) is 42.9 Å². The van der Waals surface area contributed by atoms with Gasteiger partial charge in [0, 0.05) is 12.6 Å². The zero-order valence-corrected chi connectivity index (χ0v) is 12.7. The molecule has 0 aliphatic carbocycles. The van der Waals surface area contributed by atoms with Crippen molar-refractivity contribution in [1.29, 1.82) is 0 Å². The molecule has 1 aliphatic rings. The van der Waals surface area contributed by atoms with Gasteiger partial charge < -0.3 is 4.90 Å². The van der Waals surface area contributed by atoms with Gasteiger partial charge in [-0.05, 0) is 38.3 Å². The first-order valence-electron chi connectivity index (χ1n) is 7.85. The predicted octanol–water partition coefficient (Wildman–Crippen LogP) is 3.19. The number of anilines is 1. The van der Waals surface area contributed by atoms with Gasteiger partial charge in [-0.3, -0.25) is 0 Å².